The lowest BCUT2D eigenvalue weighted by atomic mass is 10.3. The average molecular weight is 207 g/mol. The van der Waals surface area contributed by atoms with Gasteiger partial charge in [-0.3, -0.25) is 0 Å². The highest BCUT2D eigenvalue weighted by atomic mass is 28.3. The Hall–Kier alpha value is -0.763. The van der Waals surface area contributed by atoms with Gasteiger partial charge in [-0.1, -0.05) is 44.8 Å². The molecule has 1 nitrogen and oxygen atoms in total. The van der Waals surface area contributed by atoms with Crippen LogP contribution in [-0.2, 0) is 0 Å². The Bertz CT molecular complexity index is 263. The third kappa shape index (κ3) is 3.18. The molecule has 0 aliphatic heterocycles. The summed E-state index contributed by atoms with van der Waals surface area (Å²) in [6.45, 7) is 9.50. The standard InChI is InChI=1S/C12H21NSi/c1-5-12(14(2,3)4)13-11-9-7-6-8-10-11/h6-10,12-13H,5H2,1-4H3. The minimum Gasteiger partial charge on any atom is -0.385 e. The first kappa shape index (κ1) is 11.3. The van der Waals surface area contributed by atoms with Crippen molar-refractivity contribution in [2.45, 2.75) is 38.7 Å². The molecule has 0 bridgehead atoms. The third-order valence-corrected chi connectivity index (χ3v) is 5.21. The van der Waals surface area contributed by atoms with E-state index < -0.39 is 8.07 Å². The van der Waals surface area contributed by atoms with Gasteiger partial charge in [-0.05, 0) is 18.6 Å². The van der Waals surface area contributed by atoms with Crippen molar-refractivity contribution in [2.24, 2.45) is 0 Å². The average Bonchev–Trinajstić information content (AvgIpc) is 2.14. The van der Waals surface area contributed by atoms with Crippen molar-refractivity contribution in [3.8, 4) is 0 Å². The molecule has 0 saturated heterocycles. The molecule has 78 valence electrons. The Morgan fingerprint density at radius 1 is 1.14 bits per heavy atom. The van der Waals surface area contributed by atoms with Crippen LogP contribution >= 0.6 is 0 Å². The second kappa shape index (κ2) is 4.65. The van der Waals surface area contributed by atoms with Gasteiger partial charge in [0.25, 0.3) is 0 Å². The van der Waals surface area contributed by atoms with Gasteiger partial charge in [0.15, 0.2) is 0 Å². The van der Waals surface area contributed by atoms with Gasteiger partial charge in [0.1, 0.15) is 0 Å². The van der Waals surface area contributed by atoms with E-state index >= 15 is 0 Å². The van der Waals surface area contributed by atoms with Crippen LogP contribution in [0.25, 0.3) is 0 Å². The van der Waals surface area contributed by atoms with E-state index in [1.54, 1.807) is 0 Å². The van der Waals surface area contributed by atoms with E-state index in [0.29, 0.717) is 5.67 Å². The predicted octanol–water partition coefficient (Wildman–Crippen LogP) is 3.75. The van der Waals surface area contributed by atoms with E-state index in [9.17, 15) is 0 Å². The van der Waals surface area contributed by atoms with E-state index in [1.165, 1.54) is 12.1 Å². The van der Waals surface area contributed by atoms with Crippen molar-refractivity contribution in [1.82, 2.24) is 0 Å². The summed E-state index contributed by atoms with van der Waals surface area (Å²) in [5, 5.41) is 3.63. The molecular formula is C12H21NSi. The van der Waals surface area contributed by atoms with Crippen LogP contribution in [0.5, 0.6) is 0 Å². The van der Waals surface area contributed by atoms with Crippen LogP contribution in [0.4, 0.5) is 5.69 Å². The summed E-state index contributed by atoms with van der Waals surface area (Å²) in [7, 11) is -1.08. The Kier molecular flexibility index (Phi) is 3.75. The molecule has 0 spiro atoms. The van der Waals surface area contributed by atoms with E-state index in [-0.39, 0.29) is 0 Å². The Morgan fingerprint density at radius 3 is 2.14 bits per heavy atom. The lowest BCUT2D eigenvalue weighted by Crippen LogP contribution is -2.43. The smallest absolute Gasteiger partial charge is 0.0701 e. The molecule has 0 aromatic heterocycles. The molecule has 0 fully saturated rings. The van der Waals surface area contributed by atoms with Crippen LogP contribution in [0.1, 0.15) is 13.3 Å². The molecular weight excluding hydrogens is 186 g/mol. The van der Waals surface area contributed by atoms with Crippen molar-refractivity contribution in [3.05, 3.63) is 30.3 Å². The summed E-state index contributed by atoms with van der Waals surface area (Å²) in [6, 6.07) is 10.5. The van der Waals surface area contributed by atoms with Crippen LogP contribution in [0.3, 0.4) is 0 Å². The van der Waals surface area contributed by atoms with Gasteiger partial charge in [-0.2, -0.15) is 0 Å². The number of nitrogens with one attached hydrogen (secondary N) is 1. The lowest BCUT2D eigenvalue weighted by Gasteiger charge is -2.29. The number of hydrogen-bond donors (Lipinski definition) is 1. The number of benzene rings is 1. The monoisotopic (exact) mass is 207 g/mol. The Labute approximate surface area is 88.6 Å². The normalized spacial score (nSPS) is 13.7. The summed E-state index contributed by atoms with van der Waals surface area (Å²) in [6.07, 6.45) is 1.21. The Balaban J connectivity index is 2.67. The van der Waals surface area contributed by atoms with Crippen LogP contribution in [0.15, 0.2) is 30.3 Å². The second-order valence-electron chi connectivity index (χ2n) is 4.84. The minimum atomic E-state index is -1.08. The van der Waals surface area contributed by atoms with Crippen molar-refractivity contribution in [2.75, 3.05) is 5.32 Å². The summed E-state index contributed by atoms with van der Waals surface area (Å²) in [5.74, 6) is 0. The molecule has 2 heteroatoms. The molecule has 0 heterocycles. The molecule has 0 aliphatic rings. The second-order valence-corrected chi connectivity index (χ2v) is 10.3. The van der Waals surface area contributed by atoms with Gasteiger partial charge in [0.05, 0.1) is 8.07 Å². The molecule has 1 aromatic rings. The van der Waals surface area contributed by atoms with Gasteiger partial charge < -0.3 is 5.32 Å². The fraction of sp³-hybridized carbons (Fsp3) is 0.500. The van der Waals surface area contributed by atoms with Crippen LogP contribution < -0.4 is 5.32 Å². The maximum Gasteiger partial charge on any atom is 0.0701 e. The summed E-state index contributed by atoms with van der Waals surface area (Å²) < 4.78 is 0. The minimum absolute atomic E-state index is 0.671. The van der Waals surface area contributed by atoms with Gasteiger partial charge in [-0.25, -0.2) is 0 Å². The molecule has 1 unspecified atom stereocenters. The zero-order valence-electron chi connectivity index (χ0n) is 9.67. The van der Waals surface area contributed by atoms with E-state index in [4.69, 9.17) is 0 Å². The molecule has 0 amide bonds. The number of rotatable bonds is 4. The van der Waals surface area contributed by atoms with Gasteiger partial charge in [0.2, 0.25) is 0 Å². The SMILES string of the molecule is CCC(Nc1ccccc1)[Si](C)(C)C. The van der Waals surface area contributed by atoms with E-state index in [0.717, 1.165) is 0 Å². The summed E-state index contributed by atoms with van der Waals surface area (Å²) in [5.41, 5.74) is 1.92. The highest BCUT2D eigenvalue weighted by Gasteiger charge is 2.24. The van der Waals surface area contributed by atoms with Crippen LogP contribution in [0, 0.1) is 0 Å². The molecule has 1 rings (SSSR count). The Morgan fingerprint density at radius 2 is 1.71 bits per heavy atom. The highest BCUT2D eigenvalue weighted by molar-refractivity contribution is 6.78. The summed E-state index contributed by atoms with van der Waals surface area (Å²) >= 11 is 0. The molecule has 1 aromatic carbocycles. The topological polar surface area (TPSA) is 12.0 Å². The van der Waals surface area contributed by atoms with E-state index in [1.807, 2.05) is 0 Å². The predicted molar refractivity (Wildman–Crippen MR) is 67.5 cm³/mol. The van der Waals surface area contributed by atoms with Gasteiger partial charge in [-0.15, -0.1) is 0 Å². The largest absolute Gasteiger partial charge is 0.385 e. The summed E-state index contributed by atoms with van der Waals surface area (Å²) in [4.78, 5) is 0. The molecule has 0 saturated carbocycles. The molecule has 1 atom stereocenters. The number of hydrogen-bond acceptors (Lipinski definition) is 1. The molecule has 1 N–H and O–H groups in total. The lowest BCUT2D eigenvalue weighted by molar-refractivity contribution is 0.870. The maximum atomic E-state index is 3.63. The number of anilines is 1. The molecule has 0 radical (unpaired) electrons. The third-order valence-electron chi connectivity index (χ3n) is 2.57. The zero-order chi connectivity index (χ0) is 10.6. The van der Waals surface area contributed by atoms with E-state index in [2.05, 4.69) is 62.2 Å². The molecule has 0 aliphatic carbocycles. The fourth-order valence-electron chi connectivity index (χ4n) is 1.67. The van der Waals surface area contributed by atoms with Gasteiger partial charge >= 0.3 is 0 Å². The quantitative estimate of drug-likeness (QED) is 0.741. The van der Waals surface area contributed by atoms with Crippen molar-refractivity contribution >= 4 is 13.8 Å². The van der Waals surface area contributed by atoms with Crippen molar-refractivity contribution < 1.29 is 0 Å². The first-order valence-corrected chi connectivity index (χ1v) is 8.93. The van der Waals surface area contributed by atoms with Crippen LogP contribution in [-0.4, -0.2) is 13.7 Å². The van der Waals surface area contributed by atoms with Crippen molar-refractivity contribution in [3.63, 3.8) is 0 Å². The maximum absolute atomic E-state index is 3.63. The first-order chi connectivity index (χ1) is 6.54. The first-order valence-electron chi connectivity index (χ1n) is 5.35. The molecule has 14 heavy (non-hydrogen) atoms. The zero-order valence-corrected chi connectivity index (χ0v) is 10.7. The highest BCUT2D eigenvalue weighted by Crippen LogP contribution is 2.17. The van der Waals surface area contributed by atoms with Crippen LogP contribution in [0.2, 0.25) is 19.6 Å². The van der Waals surface area contributed by atoms with Gasteiger partial charge in [0, 0.05) is 11.4 Å². The van der Waals surface area contributed by atoms with Crippen molar-refractivity contribution in [1.29, 1.82) is 0 Å². The number of para-hydroxylation sites is 1. The fourth-order valence-corrected chi connectivity index (χ4v) is 3.49.